The maximum atomic E-state index is 4.22. The van der Waals surface area contributed by atoms with Gasteiger partial charge in [0.25, 0.3) is 0 Å². The van der Waals surface area contributed by atoms with Crippen molar-refractivity contribution in [2.75, 3.05) is 0 Å². The van der Waals surface area contributed by atoms with Crippen molar-refractivity contribution in [1.29, 1.82) is 0 Å². The molecule has 0 fully saturated rings. The molecule has 0 amide bonds. The molecule has 0 atom stereocenters. The first kappa shape index (κ1) is 13.7. The third-order valence-corrected chi connectivity index (χ3v) is 3.19. The highest BCUT2D eigenvalue weighted by molar-refractivity contribution is 5.15. The molecule has 0 aliphatic heterocycles. The summed E-state index contributed by atoms with van der Waals surface area (Å²) in [7, 11) is 1.95. The van der Waals surface area contributed by atoms with Gasteiger partial charge in [0.15, 0.2) is 0 Å². The predicted octanol–water partition coefficient (Wildman–Crippen LogP) is 1.36. The zero-order valence-electron chi connectivity index (χ0n) is 12.3. The Morgan fingerprint density at radius 2 is 2.00 bits per heavy atom. The number of aromatic nitrogens is 5. The maximum absolute atomic E-state index is 4.22. The molecule has 0 aliphatic rings. The Balaban J connectivity index is 1.89. The van der Waals surface area contributed by atoms with E-state index in [1.807, 2.05) is 28.8 Å². The normalized spacial score (nSPS) is 12.1. The molecule has 6 nitrogen and oxygen atoms in total. The molecule has 0 radical (unpaired) electrons. The van der Waals surface area contributed by atoms with Crippen LogP contribution in [0.2, 0.25) is 0 Å². The second kappa shape index (κ2) is 5.13. The second-order valence-electron chi connectivity index (χ2n) is 5.81. The fourth-order valence-corrected chi connectivity index (χ4v) is 1.75. The lowest BCUT2D eigenvalue weighted by Crippen LogP contribution is -2.22. The zero-order chi connectivity index (χ0) is 14.0. The summed E-state index contributed by atoms with van der Waals surface area (Å²) in [6.07, 6.45) is 3.89. The van der Waals surface area contributed by atoms with E-state index in [1.165, 1.54) is 11.3 Å². The molecule has 2 aromatic heterocycles. The first-order valence-electron chi connectivity index (χ1n) is 6.48. The van der Waals surface area contributed by atoms with Crippen molar-refractivity contribution in [2.45, 2.75) is 46.3 Å². The van der Waals surface area contributed by atoms with E-state index in [-0.39, 0.29) is 5.54 Å². The van der Waals surface area contributed by atoms with E-state index >= 15 is 0 Å². The topological polar surface area (TPSA) is 60.6 Å². The van der Waals surface area contributed by atoms with Crippen molar-refractivity contribution in [2.24, 2.45) is 7.05 Å². The van der Waals surface area contributed by atoms with Gasteiger partial charge in [0.2, 0.25) is 0 Å². The Bertz CT molecular complexity index is 546. The summed E-state index contributed by atoms with van der Waals surface area (Å²) >= 11 is 0. The average molecular weight is 262 g/mol. The van der Waals surface area contributed by atoms with Gasteiger partial charge in [-0.25, -0.2) is 4.68 Å². The van der Waals surface area contributed by atoms with Crippen molar-refractivity contribution in [3.05, 3.63) is 29.3 Å². The van der Waals surface area contributed by atoms with Crippen LogP contribution in [0.1, 0.15) is 37.7 Å². The number of aryl methyl sites for hydroxylation is 1. The van der Waals surface area contributed by atoms with Crippen LogP contribution in [0.4, 0.5) is 0 Å². The summed E-state index contributed by atoms with van der Waals surface area (Å²) in [5.41, 5.74) is 3.33. The molecule has 0 aromatic carbocycles. The van der Waals surface area contributed by atoms with Crippen molar-refractivity contribution in [3.63, 3.8) is 0 Å². The fraction of sp³-hybridized carbons (Fsp3) is 0.615. The predicted molar refractivity (Wildman–Crippen MR) is 73.5 cm³/mol. The van der Waals surface area contributed by atoms with E-state index < -0.39 is 0 Å². The van der Waals surface area contributed by atoms with Crippen molar-refractivity contribution >= 4 is 0 Å². The molecular weight excluding hydrogens is 240 g/mol. The summed E-state index contributed by atoms with van der Waals surface area (Å²) in [5.74, 6) is 0. The standard InChI is InChI=1S/C13H22N6/c1-10-11(7-15-18(10)5)6-14-8-12-9-19(17-16-12)13(2,3)4/h7,9,14H,6,8H2,1-5H3. The minimum Gasteiger partial charge on any atom is -0.307 e. The summed E-state index contributed by atoms with van der Waals surface area (Å²) in [6, 6.07) is 0. The number of nitrogens with zero attached hydrogens (tertiary/aromatic N) is 5. The Kier molecular flexibility index (Phi) is 3.71. The minimum atomic E-state index is -0.0226. The summed E-state index contributed by atoms with van der Waals surface area (Å²) < 4.78 is 3.77. The van der Waals surface area contributed by atoms with Crippen LogP contribution in [-0.4, -0.2) is 24.8 Å². The maximum Gasteiger partial charge on any atom is 0.0965 e. The number of hydrogen-bond acceptors (Lipinski definition) is 4. The van der Waals surface area contributed by atoms with E-state index in [0.717, 1.165) is 12.2 Å². The van der Waals surface area contributed by atoms with Gasteiger partial charge < -0.3 is 5.32 Å². The van der Waals surface area contributed by atoms with Gasteiger partial charge in [-0.15, -0.1) is 5.10 Å². The number of hydrogen-bond donors (Lipinski definition) is 1. The lowest BCUT2D eigenvalue weighted by molar-refractivity contribution is 0.347. The van der Waals surface area contributed by atoms with Crippen LogP contribution < -0.4 is 5.32 Å². The Morgan fingerprint density at radius 3 is 2.53 bits per heavy atom. The van der Waals surface area contributed by atoms with Gasteiger partial charge in [-0.2, -0.15) is 5.10 Å². The molecule has 2 aromatic rings. The van der Waals surface area contributed by atoms with Gasteiger partial charge >= 0.3 is 0 Å². The number of nitrogens with one attached hydrogen (secondary N) is 1. The molecule has 0 aliphatic carbocycles. The highest BCUT2D eigenvalue weighted by Gasteiger charge is 2.14. The van der Waals surface area contributed by atoms with Gasteiger partial charge in [-0.1, -0.05) is 5.21 Å². The SMILES string of the molecule is Cc1c(CNCc2cn(C(C)(C)C)nn2)cnn1C. The van der Waals surface area contributed by atoms with Gasteiger partial charge in [-0.05, 0) is 27.7 Å². The molecule has 2 rings (SSSR count). The van der Waals surface area contributed by atoms with Gasteiger partial charge in [0, 0.05) is 31.4 Å². The first-order chi connectivity index (χ1) is 8.88. The molecule has 0 bridgehead atoms. The van der Waals surface area contributed by atoms with Crippen molar-refractivity contribution < 1.29 is 0 Å². The molecule has 0 saturated heterocycles. The highest BCUT2D eigenvalue weighted by Crippen LogP contribution is 2.11. The molecular formula is C13H22N6. The van der Waals surface area contributed by atoms with E-state index in [2.05, 4.69) is 48.4 Å². The summed E-state index contributed by atoms with van der Waals surface area (Å²) in [6.45, 7) is 9.90. The molecule has 0 saturated carbocycles. The minimum absolute atomic E-state index is 0.0226. The summed E-state index contributed by atoms with van der Waals surface area (Å²) in [4.78, 5) is 0. The molecule has 1 N–H and O–H groups in total. The van der Waals surface area contributed by atoms with Crippen LogP contribution in [0.25, 0.3) is 0 Å². The lowest BCUT2D eigenvalue weighted by Gasteiger charge is -2.17. The summed E-state index contributed by atoms with van der Waals surface area (Å²) in [5, 5.41) is 15.9. The van der Waals surface area contributed by atoms with Crippen molar-refractivity contribution in [3.8, 4) is 0 Å². The van der Waals surface area contributed by atoms with Crippen LogP contribution in [0.5, 0.6) is 0 Å². The third-order valence-electron chi connectivity index (χ3n) is 3.19. The molecule has 104 valence electrons. The lowest BCUT2D eigenvalue weighted by atomic mass is 10.1. The molecule has 0 unspecified atom stereocenters. The van der Waals surface area contributed by atoms with Crippen LogP contribution in [0.15, 0.2) is 12.4 Å². The molecule has 6 heteroatoms. The average Bonchev–Trinajstić information content (AvgIpc) is 2.90. The molecule has 2 heterocycles. The van der Waals surface area contributed by atoms with Gasteiger partial charge in [-0.3, -0.25) is 4.68 Å². The molecule has 0 spiro atoms. The largest absolute Gasteiger partial charge is 0.307 e. The van der Waals surface area contributed by atoms with Crippen LogP contribution in [-0.2, 0) is 25.7 Å². The van der Waals surface area contributed by atoms with Gasteiger partial charge in [0.1, 0.15) is 0 Å². The quantitative estimate of drug-likeness (QED) is 0.904. The molecule has 19 heavy (non-hydrogen) atoms. The Labute approximate surface area is 113 Å². The van der Waals surface area contributed by atoms with Crippen LogP contribution in [0, 0.1) is 6.92 Å². The van der Waals surface area contributed by atoms with E-state index in [9.17, 15) is 0 Å². The smallest absolute Gasteiger partial charge is 0.0965 e. The Morgan fingerprint density at radius 1 is 1.26 bits per heavy atom. The third kappa shape index (κ3) is 3.20. The highest BCUT2D eigenvalue weighted by atomic mass is 15.4. The van der Waals surface area contributed by atoms with Crippen LogP contribution >= 0.6 is 0 Å². The monoisotopic (exact) mass is 262 g/mol. The Hall–Kier alpha value is -1.69. The van der Waals surface area contributed by atoms with E-state index in [4.69, 9.17) is 0 Å². The van der Waals surface area contributed by atoms with Crippen LogP contribution in [0.3, 0.4) is 0 Å². The van der Waals surface area contributed by atoms with Crippen molar-refractivity contribution in [1.82, 2.24) is 30.1 Å². The zero-order valence-corrected chi connectivity index (χ0v) is 12.3. The van der Waals surface area contributed by atoms with E-state index in [0.29, 0.717) is 6.54 Å². The number of rotatable bonds is 4. The van der Waals surface area contributed by atoms with E-state index in [1.54, 1.807) is 0 Å². The van der Waals surface area contributed by atoms with Gasteiger partial charge in [0.05, 0.1) is 23.6 Å². The first-order valence-corrected chi connectivity index (χ1v) is 6.48. The second-order valence-corrected chi connectivity index (χ2v) is 5.81. The fourth-order valence-electron chi connectivity index (χ4n) is 1.75.